The molecule has 1 heterocycles. The molecule has 10 nitrogen and oxygen atoms in total. The average Bonchev–Trinajstić information content (AvgIpc) is 3.02. The molecule has 3 rings (SSSR count). The minimum Gasteiger partial charge on any atom is -0.481 e. The van der Waals surface area contributed by atoms with Gasteiger partial charge in [-0.25, -0.2) is 4.68 Å². The van der Waals surface area contributed by atoms with Crippen molar-refractivity contribution in [3.8, 4) is 5.69 Å². The molecule has 0 radical (unpaired) electrons. The van der Waals surface area contributed by atoms with Crippen molar-refractivity contribution in [1.82, 2.24) is 20.3 Å². The lowest BCUT2D eigenvalue weighted by Gasteiger charge is -2.41. The van der Waals surface area contributed by atoms with Crippen LogP contribution < -0.4 is 5.32 Å². The van der Waals surface area contributed by atoms with E-state index in [1.807, 2.05) is 0 Å². The van der Waals surface area contributed by atoms with Crippen LogP contribution in [0.25, 0.3) is 5.69 Å². The van der Waals surface area contributed by atoms with Crippen LogP contribution in [0.2, 0.25) is 0 Å². The number of amides is 1. The largest absolute Gasteiger partial charge is 0.481 e. The number of carboxylic acid groups (broad SMARTS) is 1. The zero-order valence-corrected chi connectivity index (χ0v) is 13.1. The Kier molecular flexibility index (Phi) is 4.17. The molecule has 1 fully saturated rings. The lowest BCUT2D eigenvalue weighted by atomic mass is 9.74. The van der Waals surface area contributed by atoms with Crippen LogP contribution >= 0.6 is 0 Å². The molecule has 0 atom stereocenters. The Labute approximate surface area is 141 Å². The lowest BCUT2D eigenvalue weighted by molar-refractivity contribution is -0.384. The number of nitrogens with zero attached hydrogens (tertiary/aromatic N) is 4. The van der Waals surface area contributed by atoms with Crippen LogP contribution in [0.15, 0.2) is 30.5 Å². The lowest BCUT2D eigenvalue weighted by Crippen LogP contribution is -2.54. The van der Waals surface area contributed by atoms with Crippen molar-refractivity contribution in [3.63, 3.8) is 0 Å². The standard InChI is InChI=1S/C15H15N5O5/c21-13(22)8-15(5-2-6-15)16-14(23)12-9-19(18-17-12)10-3-1-4-11(7-10)20(24)25/h1,3-4,7,9H,2,5-6,8H2,(H,16,23)(H,21,22). The van der Waals surface area contributed by atoms with Crippen molar-refractivity contribution < 1.29 is 19.6 Å². The number of rotatable bonds is 6. The van der Waals surface area contributed by atoms with Gasteiger partial charge in [-0.1, -0.05) is 11.3 Å². The number of hydrogen-bond donors (Lipinski definition) is 2. The number of aromatic nitrogens is 3. The van der Waals surface area contributed by atoms with Gasteiger partial charge in [0.15, 0.2) is 5.69 Å². The van der Waals surface area contributed by atoms with Crippen molar-refractivity contribution in [1.29, 1.82) is 0 Å². The average molecular weight is 345 g/mol. The zero-order valence-electron chi connectivity index (χ0n) is 13.1. The summed E-state index contributed by atoms with van der Waals surface area (Å²) in [5, 5.41) is 30.1. The molecule has 0 aliphatic heterocycles. The van der Waals surface area contributed by atoms with Crippen LogP contribution in [0, 0.1) is 10.1 Å². The van der Waals surface area contributed by atoms with E-state index in [1.54, 1.807) is 6.07 Å². The maximum Gasteiger partial charge on any atom is 0.305 e. The van der Waals surface area contributed by atoms with Crippen molar-refractivity contribution in [2.75, 3.05) is 0 Å². The number of nitrogens with one attached hydrogen (secondary N) is 1. The van der Waals surface area contributed by atoms with Gasteiger partial charge in [0.1, 0.15) is 0 Å². The number of nitro groups is 1. The fraction of sp³-hybridized carbons (Fsp3) is 0.333. The van der Waals surface area contributed by atoms with E-state index in [4.69, 9.17) is 5.11 Å². The SMILES string of the molecule is O=C(O)CC1(NC(=O)c2cn(-c3cccc([N+](=O)[O-])c3)nn2)CCC1. The number of carbonyl (C=O) groups is 2. The summed E-state index contributed by atoms with van der Waals surface area (Å²) in [6, 6.07) is 5.76. The van der Waals surface area contributed by atoms with Gasteiger partial charge >= 0.3 is 5.97 Å². The maximum atomic E-state index is 12.3. The zero-order chi connectivity index (χ0) is 18.0. The second-order valence-corrected chi connectivity index (χ2v) is 5.98. The first kappa shape index (κ1) is 16.6. The van der Waals surface area contributed by atoms with Crippen molar-refractivity contribution in [2.45, 2.75) is 31.2 Å². The Balaban J connectivity index is 1.77. The molecule has 1 aromatic carbocycles. The van der Waals surface area contributed by atoms with E-state index in [0.29, 0.717) is 18.5 Å². The van der Waals surface area contributed by atoms with E-state index in [9.17, 15) is 19.7 Å². The van der Waals surface area contributed by atoms with E-state index < -0.39 is 22.3 Å². The number of benzene rings is 1. The summed E-state index contributed by atoms with van der Waals surface area (Å²) in [7, 11) is 0. The van der Waals surface area contributed by atoms with E-state index in [-0.39, 0.29) is 17.8 Å². The fourth-order valence-electron chi connectivity index (χ4n) is 2.79. The molecule has 0 bridgehead atoms. The van der Waals surface area contributed by atoms with Crippen LogP contribution in [0.4, 0.5) is 5.69 Å². The molecule has 1 aliphatic carbocycles. The molecule has 2 N–H and O–H groups in total. The highest BCUT2D eigenvalue weighted by Gasteiger charge is 2.40. The topological polar surface area (TPSA) is 140 Å². The molecule has 25 heavy (non-hydrogen) atoms. The van der Waals surface area contributed by atoms with Crippen molar-refractivity contribution in [2.24, 2.45) is 0 Å². The maximum absolute atomic E-state index is 12.3. The number of aliphatic carboxylic acids is 1. The van der Waals surface area contributed by atoms with Gasteiger partial charge in [0.2, 0.25) is 0 Å². The van der Waals surface area contributed by atoms with Gasteiger partial charge in [0.05, 0.1) is 28.8 Å². The second kappa shape index (κ2) is 6.30. The van der Waals surface area contributed by atoms with Crippen LogP contribution in [-0.2, 0) is 4.79 Å². The van der Waals surface area contributed by atoms with Crippen molar-refractivity contribution >= 4 is 17.6 Å². The molecular weight excluding hydrogens is 330 g/mol. The summed E-state index contributed by atoms with van der Waals surface area (Å²) in [4.78, 5) is 33.6. The van der Waals surface area contributed by atoms with Gasteiger partial charge in [-0.3, -0.25) is 19.7 Å². The molecule has 1 saturated carbocycles. The molecular formula is C15H15N5O5. The molecule has 10 heteroatoms. The first-order valence-corrected chi connectivity index (χ1v) is 7.60. The van der Waals surface area contributed by atoms with Gasteiger partial charge in [-0.15, -0.1) is 5.10 Å². The molecule has 0 unspecified atom stereocenters. The van der Waals surface area contributed by atoms with Crippen LogP contribution in [0.3, 0.4) is 0 Å². The Morgan fingerprint density at radius 1 is 1.40 bits per heavy atom. The summed E-state index contributed by atoms with van der Waals surface area (Å²) in [6.45, 7) is 0. The predicted molar refractivity (Wildman–Crippen MR) is 84.3 cm³/mol. The van der Waals surface area contributed by atoms with Crippen LogP contribution in [-0.4, -0.2) is 42.4 Å². The van der Waals surface area contributed by atoms with Gasteiger partial charge in [-0.2, -0.15) is 0 Å². The summed E-state index contributed by atoms with van der Waals surface area (Å²) < 4.78 is 1.26. The van der Waals surface area contributed by atoms with E-state index in [1.165, 1.54) is 29.1 Å². The summed E-state index contributed by atoms with van der Waals surface area (Å²) in [5.41, 5.74) is -0.431. The highest BCUT2D eigenvalue weighted by Crippen LogP contribution is 2.35. The van der Waals surface area contributed by atoms with Gasteiger partial charge in [0, 0.05) is 12.1 Å². The highest BCUT2D eigenvalue weighted by molar-refractivity contribution is 5.93. The number of non-ortho nitro benzene ring substituents is 1. The Bertz CT molecular complexity index is 842. The molecule has 1 aromatic heterocycles. The van der Waals surface area contributed by atoms with Gasteiger partial charge in [0.25, 0.3) is 11.6 Å². The predicted octanol–water partition coefficient (Wildman–Crippen LogP) is 1.30. The summed E-state index contributed by atoms with van der Waals surface area (Å²) in [5.74, 6) is -1.49. The summed E-state index contributed by atoms with van der Waals surface area (Å²) in [6.07, 6.45) is 3.27. The van der Waals surface area contributed by atoms with Gasteiger partial charge in [-0.05, 0) is 25.3 Å². The van der Waals surface area contributed by atoms with E-state index >= 15 is 0 Å². The smallest absolute Gasteiger partial charge is 0.305 e. The van der Waals surface area contributed by atoms with Crippen molar-refractivity contribution in [3.05, 3.63) is 46.3 Å². The first-order valence-electron chi connectivity index (χ1n) is 7.60. The second-order valence-electron chi connectivity index (χ2n) is 5.98. The molecule has 1 amide bonds. The number of carboxylic acids is 1. The first-order chi connectivity index (χ1) is 11.9. The highest BCUT2D eigenvalue weighted by atomic mass is 16.6. The van der Waals surface area contributed by atoms with E-state index in [2.05, 4.69) is 15.6 Å². The Morgan fingerprint density at radius 2 is 2.16 bits per heavy atom. The minimum absolute atomic E-state index is 0.0168. The third kappa shape index (κ3) is 3.47. The third-order valence-electron chi connectivity index (χ3n) is 4.21. The quantitative estimate of drug-likeness (QED) is 0.594. The monoisotopic (exact) mass is 345 g/mol. The Morgan fingerprint density at radius 3 is 2.76 bits per heavy atom. The number of hydrogen-bond acceptors (Lipinski definition) is 6. The van der Waals surface area contributed by atoms with Crippen LogP contribution in [0.1, 0.15) is 36.2 Å². The molecule has 0 spiro atoms. The number of carbonyl (C=O) groups excluding carboxylic acids is 1. The number of nitro benzene ring substituents is 1. The van der Waals surface area contributed by atoms with Crippen LogP contribution in [0.5, 0.6) is 0 Å². The summed E-state index contributed by atoms with van der Waals surface area (Å²) >= 11 is 0. The fourth-order valence-corrected chi connectivity index (χ4v) is 2.79. The van der Waals surface area contributed by atoms with Gasteiger partial charge < -0.3 is 10.4 Å². The molecule has 130 valence electrons. The third-order valence-corrected chi connectivity index (χ3v) is 4.21. The molecule has 1 aliphatic rings. The molecule has 0 saturated heterocycles. The van der Waals surface area contributed by atoms with E-state index in [0.717, 1.165) is 6.42 Å². The normalized spacial score (nSPS) is 15.2. The Hall–Kier alpha value is -3.30. The molecule has 2 aromatic rings. The minimum atomic E-state index is -0.972.